The van der Waals surface area contributed by atoms with Crippen LogP contribution in [0.4, 0.5) is 17.6 Å². The van der Waals surface area contributed by atoms with E-state index < -0.39 is 23.3 Å². The van der Waals surface area contributed by atoms with Crippen LogP contribution in [0.5, 0.6) is 0 Å². The van der Waals surface area contributed by atoms with E-state index in [1.807, 2.05) is 6.08 Å². The molecule has 142 valence electrons. The molecule has 0 radical (unpaired) electrons. The van der Waals surface area contributed by atoms with E-state index in [2.05, 4.69) is 31.2 Å². The van der Waals surface area contributed by atoms with E-state index in [4.69, 9.17) is 0 Å². The van der Waals surface area contributed by atoms with Crippen molar-refractivity contribution in [2.75, 3.05) is 0 Å². The Kier molecular flexibility index (Phi) is 4.80. The number of benzene rings is 3. The predicted molar refractivity (Wildman–Crippen MR) is 104 cm³/mol. The summed E-state index contributed by atoms with van der Waals surface area (Å²) in [5, 5.41) is 0. The number of hydrogen-bond acceptors (Lipinski definition) is 0. The zero-order valence-corrected chi connectivity index (χ0v) is 15.3. The molecule has 0 atom stereocenters. The molecule has 28 heavy (non-hydrogen) atoms. The van der Waals surface area contributed by atoms with Gasteiger partial charge in [0.05, 0.1) is 0 Å². The lowest BCUT2D eigenvalue weighted by molar-refractivity contribution is 0.447. The van der Waals surface area contributed by atoms with Crippen molar-refractivity contribution in [2.45, 2.75) is 26.2 Å². The molecule has 3 aromatic carbocycles. The Labute approximate surface area is 161 Å². The quantitative estimate of drug-likeness (QED) is 0.339. The van der Waals surface area contributed by atoms with Crippen LogP contribution in [0.1, 0.15) is 35.6 Å². The topological polar surface area (TPSA) is 0 Å². The largest absolute Gasteiger partial charge is 0.206 e. The minimum absolute atomic E-state index is 0.0124. The van der Waals surface area contributed by atoms with Crippen molar-refractivity contribution in [3.8, 4) is 11.1 Å². The molecule has 0 bridgehead atoms. The Morgan fingerprint density at radius 3 is 2.07 bits per heavy atom. The standard InChI is InChI=1S/C24H18F4/c1-2-14-3-5-15(6-4-14)16-7-8-17-10-20(21(25)11-18(17)9-16)19-12-22(26)24(28)23(27)13-19/h3-6,9-13H,2,7-8H2,1H3. The second kappa shape index (κ2) is 7.27. The van der Waals surface area contributed by atoms with Gasteiger partial charge in [-0.2, -0.15) is 0 Å². The van der Waals surface area contributed by atoms with Gasteiger partial charge in [-0.25, -0.2) is 17.6 Å². The number of aryl methyl sites for hydroxylation is 2. The van der Waals surface area contributed by atoms with Crippen LogP contribution in [0.3, 0.4) is 0 Å². The van der Waals surface area contributed by atoms with Crippen LogP contribution >= 0.6 is 0 Å². The number of fused-ring (bicyclic) bond motifs is 1. The summed E-state index contributed by atoms with van der Waals surface area (Å²) in [7, 11) is 0. The van der Waals surface area contributed by atoms with Crippen LogP contribution in [0, 0.1) is 23.3 Å². The normalized spacial score (nSPS) is 13.2. The first-order chi connectivity index (χ1) is 13.5. The summed E-state index contributed by atoms with van der Waals surface area (Å²) in [6.45, 7) is 2.10. The van der Waals surface area contributed by atoms with Gasteiger partial charge in [-0.05, 0) is 76.9 Å². The highest BCUT2D eigenvalue weighted by atomic mass is 19.2. The summed E-state index contributed by atoms with van der Waals surface area (Å²) in [6, 6.07) is 13.0. The molecule has 0 aromatic heterocycles. The lowest BCUT2D eigenvalue weighted by atomic mass is 9.86. The maximum Gasteiger partial charge on any atom is 0.194 e. The van der Waals surface area contributed by atoms with Crippen molar-refractivity contribution in [1.82, 2.24) is 0 Å². The monoisotopic (exact) mass is 382 g/mol. The van der Waals surface area contributed by atoms with E-state index in [0.717, 1.165) is 47.2 Å². The highest BCUT2D eigenvalue weighted by molar-refractivity contribution is 5.85. The molecule has 0 amide bonds. The average molecular weight is 382 g/mol. The van der Waals surface area contributed by atoms with Crippen LogP contribution in [0.2, 0.25) is 0 Å². The molecule has 3 aromatic rings. The van der Waals surface area contributed by atoms with Gasteiger partial charge in [-0.15, -0.1) is 0 Å². The molecule has 0 unspecified atom stereocenters. The lowest BCUT2D eigenvalue weighted by Crippen LogP contribution is -2.02. The number of hydrogen-bond donors (Lipinski definition) is 0. The first-order valence-electron chi connectivity index (χ1n) is 9.23. The fourth-order valence-corrected chi connectivity index (χ4v) is 3.63. The second-order valence-electron chi connectivity index (χ2n) is 7.00. The summed E-state index contributed by atoms with van der Waals surface area (Å²) >= 11 is 0. The summed E-state index contributed by atoms with van der Waals surface area (Å²) in [5.41, 5.74) is 5.20. The van der Waals surface area contributed by atoms with Gasteiger partial charge in [0.25, 0.3) is 0 Å². The van der Waals surface area contributed by atoms with E-state index in [9.17, 15) is 17.6 Å². The predicted octanol–water partition coefficient (Wildman–Crippen LogP) is 6.96. The molecule has 0 N–H and O–H groups in total. The van der Waals surface area contributed by atoms with Crippen molar-refractivity contribution in [2.24, 2.45) is 0 Å². The summed E-state index contributed by atoms with van der Waals surface area (Å²) < 4.78 is 55.0. The molecule has 1 aliphatic rings. The molecule has 0 heterocycles. The third kappa shape index (κ3) is 3.35. The Bertz CT molecular complexity index is 1060. The van der Waals surface area contributed by atoms with Gasteiger partial charge in [0.1, 0.15) is 5.82 Å². The summed E-state index contributed by atoms with van der Waals surface area (Å²) in [4.78, 5) is 0. The van der Waals surface area contributed by atoms with Gasteiger partial charge in [0, 0.05) is 5.56 Å². The zero-order valence-electron chi connectivity index (χ0n) is 15.3. The third-order valence-corrected chi connectivity index (χ3v) is 5.25. The Morgan fingerprint density at radius 2 is 1.43 bits per heavy atom. The van der Waals surface area contributed by atoms with E-state index in [-0.39, 0.29) is 11.1 Å². The van der Waals surface area contributed by atoms with E-state index >= 15 is 0 Å². The van der Waals surface area contributed by atoms with Crippen LogP contribution in [-0.4, -0.2) is 0 Å². The smallest absolute Gasteiger partial charge is 0.194 e. The Balaban J connectivity index is 1.73. The minimum atomic E-state index is -1.55. The maximum absolute atomic E-state index is 14.7. The molecular formula is C24H18F4. The van der Waals surface area contributed by atoms with Crippen molar-refractivity contribution in [3.63, 3.8) is 0 Å². The Morgan fingerprint density at radius 1 is 0.750 bits per heavy atom. The molecule has 0 fully saturated rings. The fraction of sp³-hybridized carbons (Fsp3) is 0.167. The van der Waals surface area contributed by atoms with Crippen LogP contribution in [0.25, 0.3) is 22.8 Å². The summed E-state index contributed by atoms with van der Waals surface area (Å²) in [6.07, 6.45) is 4.41. The second-order valence-corrected chi connectivity index (χ2v) is 7.00. The van der Waals surface area contributed by atoms with Crippen molar-refractivity contribution < 1.29 is 17.6 Å². The molecule has 0 saturated carbocycles. The number of halogens is 4. The molecule has 0 spiro atoms. The molecule has 4 heteroatoms. The molecule has 0 saturated heterocycles. The maximum atomic E-state index is 14.7. The van der Waals surface area contributed by atoms with Gasteiger partial charge in [-0.1, -0.05) is 37.3 Å². The van der Waals surface area contributed by atoms with E-state index in [1.165, 1.54) is 11.6 Å². The lowest BCUT2D eigenvalue weighted by Gasteiger charge is -2.19. The van der Waals surface area contributed by atoms with Crippen LogP contribution in [0.15, 0.2) is 48.5 Å². The first kappa shape index (κ1) is 18.5. The van der Waals surface area contributed by atoms with Gasteiger partial charge in [0.2, 0.25) is 0 Å². The molecule has 1 aliphatic carbocycles. The zero-order chi connectivity index (χ0) is 19.8. The average Bonchev–Trinajstić information content (AvgIpc) is 2.70. The van der Waals surface area contributed by atoms with Crippen molar-refractivity contribution in [3.05, 3.63) is 94.1 Å². The number of allylic oxidation sites excluding steroid dienone is 1. The molecule has 4 rings (SSSR count). The van der Waals surface area contributed by atoms with Crippen LogP contribution < -0.4 is 0 Å². The highest BCUT2D eigenvalue weighted by Crippen LogP contribution is 2.35. The van der Waals surface area contributed by atoms with Gasteiger partial charge >= 0.3 is 0 Å². The molecule has 0 nitrogen and oxygen atoms in total. The minimum Gasteiger partial charge on any atom is -0.206 e. The Hall–Kier alpha value is -2.88. The van der Waals surface area contributed by atoms with E-state index in [0.29, 0.717) is 6.42 Å². The number of rotatable bonds is 3. The van der Waals surface area contributed by atoms with Crippen molar-refractivity contribution in [1.29, 1.82) is 0 Å². The van der Waals surface area contributed by atoms with Crippen molar-refractivity contribution >= 4 is 11.6 Å². The molecule has 0 aliphatic heterocycles. The first-order valence-corrected chi connectivity index (χ1v) is 9.23. The SMILES string of the molecule is CCc1ccc(C2=Cc3cc(F)c(-c4cc(F)c(F)c(F)c4)cc3CC2)cc1. The fourth-order valence-electron chi connectivity index (χ4n) is 3.63. The van der Waals surface area contributed by atoms with Crippen LogP contribution in [-0.2, 0) is 12.8 Å². The summed E-state index contributed by atoms with van der Waals surface area (Å²) in [5.74, 6) is -4.80. The van der Waals surface area contributed by atoms with Gasteiger partial charge < -0.3 is 0 Å². The highest BCUT2D eigenvalue weighted by Gasteiger charge is 2.18. The third-order valence-electron chi connectivity index (χ3n) is 5.25. The van der Waals surface area contributed by atoms with Gasteiger partial charge in [0.15, 0.2) is 17.5 Å². The molecular weight excluding hydrogens is 364 g/mol. The van der Waals surface area contributed by atoms with E-state index in [1.54, 1.807) is 6.07 Å². The van der Waals surface area contributed by atoms with Gasteiger partial charge in [-0.3, -0.25) is 0 Å².